The van der Waals surface area contributed by atoms with E-state index in [1.807, 2.05) is 30.1 Å². The van der Waals surface area contributed by atoms with Gasteiger partial charge in [-0.3, -0.25) is 4.98 Å². The van der Waals surface area contributed by atoms with Gasteiger partial charge >= 0.3 is 12.1 Å². The van der Waals surface area contributed by atoms with Crippen LogP contribution in [-0.4, -0.2) is 69.7 Å². The minimum Gasteiger partial charge on any atom is -0.475 e. The first-order valence-electron chi connectivity index (χ1n) is 9.26. The van der Waals surface area contributed by atoms with Crippen LogP contribution in [0.1, 0.15) is 12.2 Å². The van der Waals surface area contributed by atoms with Crippen LogP contribution >= 0.6 is 0 Å². The van der Waals surface area contributed by atoms with Crippen LogP contribution in [0.5, 0.6) is 0 Å². The van der Waals surface area contributed by atoms with Gasteiger partial charge in [-0.2, -0.15) is 13.2 Å². The number of aromatic nitrogens is 3. The molecule has 1 saturated heterocycles. The van der Waals surface area contributed by atoms with Crippen LogP contribution in [0.25, 0.3) is 11.4 Å². The SMILES string of the molecule is Cc1nc(NCC2CN(C)CCC2(F)F)cc(-c2ccccn2)n1.O=C(O)C(F)(F)F. The molecule has 31 heavy (non-hydrogen) atoms. The van der Waals surface area contributed by atoms with E-state index in [4.69, 9.17) is 9.90 Å². The fourth-order valence-corrected chi connectivity index (χ4v) is 2.89. The van der Waals surface area contributed by atoms with Crippen molar-refractivity contribution in [1.29, 1.82) is 0 Å². The molecule has 1 atom stereocenters. The molecule has 2 aromatic rings. The maximum atomic E-state index is 14.1. The molecule has 0 radical (unpaired) electrons. The molecule has 2 aromatic heterocycles. The minimum absolute atomic E-state index is 0.0994. The number of anilines is 1. The Morgan fingerprint density at radius 3 is 2.55 bits per heavy atom. The fraction of sp³-hybridized carbons (Fsp3) is 0.474. The van der Waals surface area contributed by atoms with Crippen molar-refractivity contribution in [3.05, 3.63) is 36.3 Å². The summed E-state index contributed by atoms with van der Waals surface area (Å²) in [6.45, 7) is 2.76. The summed E-state index contributed by atoms with van der Waals surface area (Å²) in [5.74, 6) is -5.01. The number of carboxylic acids is 1. The van der Waals surface area contributed by atoms with Gasteiger partial charge in [-0.1, -0.05) is 6.07 Å². The summed E-state index contributed by atoms with van der Waals surface area (Å²) in [5.41, 5.74) is 1.41. The molecule has 0 saturated carbocycles. The number of aliphatic carboxylic acids is 1. The molecular formula is C19H22F5N5O2. The molecule has 170 valence electrons. The second-order valence-electron chi connectivity index (χ2n) is 7.05. The Morgan fingerprint density at radius 1 is 1.29 bits per heavy atom. The number of pyridine rings is 1. The largest absolute Gasteiger partial charge is 0.490 e. The van der Waals surface area contributed by atoms with Gasteiger partial charge in [0.2, 0.25) is 0 Å². The van der Waals surface area contributed by atoms with Crippen LogP contribution in [0, 0.1) is 12.8 Å². The molecule has 1 aliphatic heterocycles. The third kappa shape index (κ3) is 7.39. The van der Waals surface area contributed by atoms with Crippen LogP contribution in [-0.2, 0) is 4.79 Å². The number of nitrogens with one attached hydrogen (secondary N) is 1. The van der Waals surface area contributed by atoms with Crippen molar-refractivity contribution in [1.82, 2.24) is 19.9 Å². The van der Waals surface area contributed by atoms with Crippen molar-refractivity contribution in [2.45, 2.75) is 25.4 Å². The highest BCUT2D eigenvalue weighted by Crippen LogP contribution is 2.33. The maximum Gasteiger partial charge on any atom is 0.490 e. The smallest absolute Gasteiger partial charge is 0.475 e. The molecule has 2 N–H and O–H groups in total. The third-order valence-corrected chi connectivity index (χ3v) is 4.49. The van der Waals surface area contributed by atoms with Gasteiger partial charge in [0.1, 0.15) is 11.6 Å². The van der Waals surface area contributed by atoms with Gasteiger partial charge in [0.25, 0.3) is 5.92 Å². The first-order chi connectivity index (χ1) is 14.4. The summed E-state index contributed by atoms with van der Waals surface area (Å²) in [6, 6.07) is 7.32. The van der Waals surface area contributed by atoms with Gasteiger partial charge in [-0.25, -0.2) is 23.5 Å². The quantitative estimate of drug-likeness (QED) is 0.694. The minimum atomic E-state index is -5.08. The summed E-state index contributed by atoms with van der Waals surface area (Å²) in [5, 5.41) is 10.2. The molecule has 3 heterocycles. The van der Waals surface area contributed by atoms with E-state index in [1.165, 1.54) is 0 Å². The average Bonchev–Trinajstić information content (AvgIpc) is 2.69. The first kappa shape index (κ1) is 24.4. The summed E-state index contributed by atoms with van der Waals surface area (Å²) >= 11 is 0. The van der Waals surface area contributed by atoms with Crippen molar-refractivity contribution in [2.24, 2.45) is 5.92 Å². The van der Waals surface area contributed by atoms with Crippen LogP contribution in [0.4, 0.5) is 27.8 Å². The van der Waals surface area contributed by atoms with Crippen LogP contribution in [0.3, 0.4) is 0 Å². The van der Waals surface area contributed by atoms with Gasteiger partial charge < -0.3 is 15.3 Å². The van der Waals surface area contributed by atoms with E-state index in [0.29, 0.717) is 30.4 Å². The number of carboxylic acid groups (broad SMARTS) is 1. The van der Waals surface area contributed by atoms with E-state index in [2.05, 4.69) is 20.3 Å². The van der Waals surface area contributed by atoms with E-state index in [0.717, 1.165) is 5.69 Å². The van der Waals surface area contributed by atoms with E-state index in [-0.39, 0.29) is 13.0 Å². The molecule has 1 aliphatic rings. The van der Waals surface area contributed by atoms with Crippen LogP contribution in [0.2, 0.25) is 0 Å². The van der Waals surface area contributed by atoms with Gasteiger partial charge in [0, 0.05) is 38.3 Å². The monoisotopic (exact) mass is 447 g/mol. The molecule has 0 bridgehead atoms. The second kappa shape index (κ2) is 9.94. The molecule has 1 unspecified atom stereocenters. The molecule has 3 rings (SSSR count). The topological polar surface area (TPSA) is 91.2 Å². The molecule has 0 aromatic carbocycles. The predicted molar refractivity (Wildman–Crippen MR) is 103 cm³/mol. The van der Waals surface area contributed by atoms with Crippen molar-refractivity contribution < 1.29 is 31.9 Å². The molecular weight excluding hydrogens is 425 g/mol. The Hall–Kier alpha value is -2.89. The zero-order chi connectivity index (χ0) is 23.2. The van der Waals surface area contributed by atoms with Crippen LogP contribution < -0.4 is 5.32 Å². The number of hydrogen-bond donors (Lipinski definition) is 2. The second-order valence-corrected chi connectivity index (χ2v) is 7.05. The lowest BCUT2D eigenvalue weighted by molar-refractivity contribution is -0.192. The molecule has 0 amide bonds. The summed E-state index contributed by atoms with van der Waals surface area (Å²) < 4.78 is 59.9. The van der Waals surface area contributed by atoms with E-state index in [1.54, 1.807) is 19.2 Å². The van der Waals surface area contributed by atoms with Crippen LogP contribution in [0.15, 0.2) is 30.5 Å². The highest BCUT2D eigenvalue weighted by atomic mass is 19.4. The molecule has 0 aliphatic carbocycles. The normalized spacial score (nSPS) is 18.6. The molecule has 0 spiro atoms. The molecule has 7 nitrogen and oxygen atoms in total. The lowest BCUT2D eigenvalue weighted by Gasteiger charge is -2.36. The Morgan fingerprint density at radius 2 is 1.97 bits per heavy atom. The maximum absolute atomic E-state index is 14.1. The Bertz CT molecular complexity index is 880. The summed E-state index contributed by atoms with van der Waals surface area (Å²) in [6.07, 6.45) is -3.49. The van der Waals surface area contributed by atoms with Gasteiger partial charge in [-0.05, 0) is 26.1 Å². The number of carbonyl (C=O) groups is 1. The van der Waals surface area contributed by atoms with Crippen molar-refractivity contribution in [2.75, 3.05) is 32.0 Å². The Balaban J connectivity index is 0.000000423. The van der Waals surface area contributed by atoms with E-state index < -0.39 is 24.0 Å². The first-order valence-corrected chi connectivity index (χ1v) is 9.26. The number of nitrogens with zero attached hydrogens (tertiary/aromatic N) is 4. The summed E-state index contributed by atoms with van der Waals surface area (Å²) in [4.78, 5) is 23.8. The lowest BCUT2D eigenvalue weighted by atomic mass is 9.94. The number of likely N-dealkylation sites (tertiary alicyclic amines) is 1. The zero-order valence-electron chi connectivity index (χ0n) is 16.8. The predicted octanol–water partition coefficient (Wildman–Crippen LogP) is 3.48. The van der Waals surface area contributed by atoms with Gasteiger partial charge in [-0.15, -0.1) is 0 Å². The highest BCUT2D eigenvalue weighted by molar-refractivity contribution is 5.73. The zero-order valence-corrected chi connectivity index (χ0v) is 16.8. The Labute approximate surface area is 175 Å². The van der Waals surface area contributed by atoms with E-state index >= 15 is 0 Å². The van der Waals surface area contributed by atoms with E-state index in [9.17, 15) is 22.0 Å². The fourth-order valence-electron chi connectivity index (χ4n) is 2.89. The Kier molecular flexibility index (Phi) is 7.82. The van der Waals surface area contributed by atoms with Crippen molar-refractivity contribution >= 4 is 11.8 Å². The standard InChI is InChI=1S/C17H21F2N5.C2HF3O2/c1-12-22-15(14-5-3-4-7-20-14)9-16(23-12)21-10-13-11-24(2)8-6-17(13,18)19;3-2(4,5)1(6)7/h3-5,7,9,13H,6,8,10-11H2,1-2H3,(H,21,22,23);(H,6,7). The summed E-state index contributed by atoms with van der Waals surface area (Å²) in [7, 11) is 1.87. The van der Waals surface area contributed by atoms with Crippen molar-refractivity contribution in [3.63, 3.8) is 0 Å². The number of piperidine rings is 1. The van der Waals surface area contributed by atoms with Gasteiger partial charge in [0.05, 0.1) is 17.3 Å². The number of halogens is 5. The number of hydrogen-bond acceptors (Lipinski definition) is 6. The average molecular weight is 447 g/mol. The number of aryl methyl sites for hydroxylation is 1. The number of alkyl halides is 5. The lowest BCUT2D eigenvalue weighted by Crippen LogP contribution is -2.48. The third-order valence-electron chi connectivity index (χ3n) is 4.49. The van der Waals surface area contributed by atoms with Gasteiger partial charge in [0.15, 0.2) is 0 Å². The highest BCUT2D eigenvalue weighted by Gasteiger charge is 2.43. The molecule has 1 fully saturated rings. The number of rotatable bonds is 4. The van der Waals surface area contributed by atoms with Crippen molar-refractivity contribution in [3.8, 4) is 11.4 Å². The molecule has 12 heteroatoms.